The van der Waals surface area contributed by atoms with E-state index in [0.29, 0.717) is 10.3 Å². The van der Waals surface area contributed by atoms with Crippen molar-refractivity contribution < 1.29 is 0 Å². The maximum absolute atomic E-state index is 3.59. The van der Waals surface area contributed by atoms with Gasteiger partial charge in [0, 0.05) is 23.6 Å². The third kappa shape index (κ3) is 6.57. The summed E-state index contributed by atoms with van der Waals surface area (Å²) in [5.41, 5.74) is 2.57. The molecule has 0 radical (unpaired) electrons. The van der Waals surface area contributed by atoms with E-state index in [1.807, 2.05) is 0 Å². The van der Waals surface area contributed by atoms with Gasteiger partial charge in [-0.15, -0.1) is 0 Å². The highest BCUT2D eigenvalue weighted by atomic mass is 31.1. The van der Waals surface area contributed by atoms with E-state index in [-0.39, 0.29) is 13.5 Å². The first kappa shape index (κ1) is 19.3. The highest BCUT2D eigenvalue weighted by Crippen LogP contribution is 2.59. The minimum Gasteiger partial charge on any atom is -0.385 e. The van der Waals surface area contributed by atoms with Crippen LogP contribution >= 0.6 is 7.92 Å². The molecule has 3 heteroatoms. The van der Waals surface area contributed by atoms with Crippen molar-refractivity contribution >= 4 is 7.92 Å². The van der Waals surface area contributed by atoms with Gasteiger partial charge in [0.2, 0.25) is 0 Å². The second-order valence-corrected chi connectivity index (χ2v) is 13.0. The number of dihydropyridines is 1. The van der Waals surface area contributed by atoms with Crippen LogP contribution in [0.2, 0.25) is 0 Å². The molecular formula is C19H35N2P. The first-order chi connectivity index (χ1) is 9.79. The minimum atomic E-state index is -0.129. The van der Waals surface area contributed by atoms with E-state index < -0.39 is 0 Å². The van der Waals surface area contributed by atoms with Gasteiger partial charge < -0.3 is 10.6 Å². The van der Waals surface area contributed by atoms with Gasteiger partial charge in [-0.25, -0.2) is 0 Å². The first-order valence-corrected chi connectivity index (χ1v) is 9.72. The summed E-state index contributed by atoms with van der Waals surface area (Å²) in [7, 11) is -0.129. The van der Waals surface area contributed by atoms with E-state index in [9.17, 15) is 0 Å². The SMILES string of the molecule is CC(C)(C)NC=C1C=CC=C(CP(C(C)(C)C)C(C)(C)C)N1. The van der Waals surface area contributed by atoms with Crippen molar-refractivity contribution in [3.8, 4) is 0 Å². The lowest BCUT2D eigenvalue weighted by molar-refractivity contribution is 0.489. The van der Waals surface area contributed by atoms with Crippen LogP contribution in [-0.2, 0) is 0 Å². The third-order valence-electron chi connectivity index (χ3n) is 3.49. The molecule has 0 atom stereocenters. The first-order valence-electron chi connectivity index (χ1n) is 8.19. The van der Waals surface area contributed by atoms with E-state index in [0.717, 1.165) is 11.9 Å². The van der Waals surface area contributed by atoms with Gasteiger partial charge >= 0.3 is 0 Å². The molecule has 0 aromatic heterocycles. The Labute approximate surface area is 139 Å². The molecule has 1 rings (SSSR count). The summed E-state index contributed by atoms with van der Waals surface area (Å²) < 4.78 is 0. The fraction of sp³-hybridized carbons (Fsp3) is 0.684. The zero-order valence-electron chi connectivity index (χ0n) is 16.0. The molecule has 0 amide bonds. The molecule has 1 heterocycles. The van der Waals surface area contributed by atoms with Crippen LogP contribution in [0.5, 0.6) is 0 Å². The largest absolute Gasteiger partial charge is 0.385 e. The van der Waals surface area contributed by atoms with E-state index in [2.05, 4.69) is 97.4 Å². The smallest absolute Gasteiger partial charge is 0.0541 e. The van der Waals surface area contributed by atoms with Crippen LogP contribution in [-0.4, -0.2) is 22.0 Å². The molecule has 0 saturated heterocycles. The molecule has 0 unspecified atom stereocenters. The Hall–Kier alpha value is -0.750. The Kier molecular flexibility index (Phi) is 5.95. The van der Waals surface area contributed by atoms with Gasteiger partial charge in [-0.2, -0.15) is 0 Å². The maximum atomic E-state index is 3.59. The number of rotatable bonds is 3. The zero-order valence-corrected chi connectivity index (χ0v) is 16.9. The van der Waals surface area contributed by atoms with Crippen molar-refractivity contribution in [1.29, 1.82) is 0 Å². The van der Waals surface area contributed by atoms with Gasteiger partial charge in [-0.05, 0) is 43.2 Å². The fourth-order valence-electron chi connectivity index (χ4n) is 2.66. The Morgan fingerprint density at radius 1 is 1.00 bits per heavy atom. The molecule has 0 aromatic carbocycles. The predicted molar refractivity (Wildman–Crippen MR) is 103 cm³/mol. The highest BCUT2D eigenvalue weighted by molar-refractivity contribution is 7.61. The predicted octanol–water partition coefficient (Wildman–Crippen LogP) is 5.34. The van der Waals surface area contributed by atoms with Crippen LogP contribution in [0.4, 0.5) is 0 Å². The summed E-state index contributed by atoms with van der Waals surface area (Å²) in [6, 6.07) is 0. The summed E-state index contributed by atoms with van der Waals surface area (Å²) in [6.07, 6.45) is 9.72. The molecular weight excluding hydrogens is 287 g/mol. The molecule has 126 valence electrons. The van der Waals surface area contributed by atoms with Crippen molar-refractivity contribution in [2.24, 2.45) is 0 Å². The van der Waals surface area contributed by atoms with E-state index in [1.54, 1.807) is 0 Å². The molecule has 1 aliphatic heterocycles. The molecule has 0 bridgehead atoms. The van der Waals surface area contributed by atoms with Crippen molar-refractivity contribution in [2.45, 2.75) is 78.2 Å². The van der Waals surface area contributed by atoms with Crippen LogP contribution in [0.25, 0.3) is 0 Å². The molecule has 0 fully saturated rings. The van der Waals surface area contributed by atoms with Gasteiger partial charge in [0.05, 0.1) is 5.70 Å². The quantitative estimate of drug-likeness (QED) is 0.686. The Morgan fingerprint density at radius 3 is 2.00 bits per heavy atom. The number of hydrogen-bond acceptors (Lipinski definition) is 2. The second-order valence-electron chi connectivity index (χ2n) is 9.10. The standard InChI is InChI=1S/C19H35N2P/c1-17(2,3)20-13-15-11-10-12-16(21-15)14-22(18(4,5)6)19(7,8)9/h10-13,20-21H,14H2,1-9H3. The summed E-state index contributed by atoms with van der Waals surface area (Å²) >= 11 is 0. The lowest BCUT2D eigenvalue weighted by atomic mass is 10.1. The van der Waals surface area contributed by atoms with Crippen LogP contribution in [0.1, 0.15) is 62.3 Å². The van der Waals surface area contributed by atoms with Gasteiger partial charge in [-0.1, -0.05) is 55.5 Å². The summed E-state index contributed by atoms with van der Waals surface area (Å²) in [4.78, 5) is 0. The van der Waals surface area contributed by atoms with Crippen molar-refractivity contribution in [2.75, 3.05) is 6.16 Å². The molecule has 0 aliphatic carbocycles. The van der Waals surface area contributed by atoms with Crippen LogP contribution < -0.4 is 10.6 Å². The van der Waals surface area contributed by atoms with Gasteiger partial charge in [-0.3, -0.25) is 0 Å². The minimum absolute atomic E-state index is 0.0906. The molecule has 0 aromatic rings. The maximum Gasteiger partial charge on any atom is 0.0541 e. The van der Waals surface area contributed by atoms with Crippen molar-refractivity contribution in [1.82, 2.24) is 10.6 Å². The van der Waals surface area contributed by atoms with Gasteiger partial charge in [0.15, 0.2) is 0 Å². The molecule has 0 saturated carbocycles. The second kappa shape index (κ2) is 6.79. The lowest BCUT2D eigenvalue weighted by Gasteiger charge is -2.42. The molecule has 0 spiro atoms. The van der Waals surface area contributed by atoms with Gasteiger partial charge in [0.1, 0.15) is 0 Å². The summed E-state index contributed by atoms with van der Waals surface area (Å²) in [6.45, 7) is 20.8. The molecule has 1 aliphatic rings. The average molecular weight is 322 g/mol. The number of allylic oxidation sites excluding steroid dienone is 4. The Balaban J connectivity index is 2.82. The van der Waals surface area contributed by atoms with Gasteiger partial charge in [0.25, 0.3) is 0 Å². The summed E-state index contributed by atoms with van der Waals surface area (Å²) in [5, 5.41) is 7.72. The van der Waals surface area contributed by atoms with E-state index in [4.69, 9.17) is 0 Å². The Bertz CT molecular complexity index is 451. The van der Waals surface area contributed by atoms with Crippen molar-refractivity contribution in [3.05, 3.63) is 35.8 Å². The number of hydrogen-bond donors (Lipinski definition) is 2. The Morgan fingerprint density at radius 2 is 1.55 bits per heavy atom. The van der Waals surface area contributed by atoms with Crippen LogP contribution in [0.3, 0.4) is 0 Å². The lowest BCUT2D eigenvalue weighted by Crippen LogP contribution is -2.33. The van der Waals surface area contributed by atoms with E-state index >= 15 is 0 Å². The zero-order chi connectivity index (χ0) is 17.2. The monoisotopic (exact) mass is 322 g/mol. The van der Waals surface area contributed by atoms with Crippen LogP contribution in [0.15, 0.2) is 35.8 Å². The molecule has 2 N–H and O–H groups in total. The third-order valence-corrected chi connectivity index (χ3v) is 7.38. The average Bonchev–Trinajstić information content (AvgIpc) is 2.30. The van der Waals surface area contributed by atoms with E-state index in [1.165, 1.54) is 5.70 Å². The topological polar surface area (TPSA) is 24.1 Å². The molecule has 22 heavy (non-hydrogen) atoms. The highest BCUT2D eigenvalue weighted by Gasteiger charge is 2.34. The summed E-state index contributed by atoms with van der Waals surface area (Å²) in [5.74, 6) is 0. The van der Waals surface area contributed by atoms with Crippen LogP contribution in [0, 0.1) is 0 Å². The fourth-order valence-corrected chi connectivity index (χ4v) is 6.14. The normalized spacial score (nSPS) is 18.5. The number of nitrogens with one attached hydrogen (secondary N) is 2. The van der Waals surface area contributed by atoms with Crippen molar-refractivity contribution in [3.63, 3.8) is 0 Å². The molecule has 2 nitrogen and oxygen atoms in total.